The lowest BCUT2D eigenvalue weighted by Gasteiger charge is -2.15. The molecule has 1 fully saturated rings. The third-order valence-corrected chi connectivity index (χ3v) is 4.31. The van der Waals surface area contributed by atoms with Gasteiger partial charge in [-0.05, 0) is 43.4 Å². The average Bonchev–Trinajstić information content (AvgIpc) is 3.07. The van der Waals surface area contributed by atoms with Gasteiger partial charge in [0.15, 0.2) is 0 Å². The van der Waals surface area contributed by atoms with Crippen LogP contribution < -0.4 is 0 Å². The van der Waals surface area contributed by atoms with Gasteiger partial charge in [-0.1, -0.05) is 0 Å². The Balaban J connectivity index is 2.09. The van der Waals surface area contributed by atoms with E-state index in [1.165, 1.54) is 24.2 Å². The molecule has 0 unspecified atom stereocenters. The fraction of sp³-hybridized carbons (Fsp3) is 0.429. The molecule has 19 heavy (non-hydrogen) atoms. The number of rotatable bonds is 5. The van der Waals surface area contributed by atoms with Gasteiger partial charge < -0.3 is 10.0 Å². The highest BCUT2D eigenvalue weighted by Gasteiger charge is 2.25. The Morgan fingerprint density at radius 2 is 2.21 bits per heavy atom. The third-order valence-electron chi connectivity index (χ3n) is 3.12. The van der Waals surface area contributed by atoms with Gasteiger partial charge in [-0.3, -0.25) is 4.79 Å². The topological polar surface area (TPSA) is 57.6 Å². The maximum absolute atomic E-state index is 12.2. The van der Waals surface area contributed by atoms with Gasteiger partial charge in [0.25, 0.3) is 5.91 Å². The van der Waals surface area contributed by atoms with Crippen LogP contribution in [0.4, 0.5) is 0 Å². The monoisotopic (exact) mass is 279 g/mol. The molecule has 1 heterocycles. The van der Waals surface area contributed by atoms with Crippen molar-refractivity contribution in [1.29, 1.82) is 0 Å². The van der Waals surface area contributed by atoms with Crippen molar-refractivity contribution in [3.63, 3.8) is 0 Å². The third kappa shape index (κ3) is 3.67. The first kappa shape index (κ1) is 13.8. The summed E-state index contributed by atoms with van der Waals surface area (Å²) in [5, 5.41) is 8.62. The zero-order valence-electron chi connectivity index (χ0n) is 11.0. The van der Waals surface area contributed by atoms with Crippen molar-refractivity contribution in [3.05, 3.63) is 27.5 Å². The molecule has 1 aliphatic rings. The molecule has 0 saturated heterocycles. The number of carboxylic acids is 1. The van der Waals surface area contributed by atoms with E-state index in [0.717, 1.165) is 23.1 Å². The molecule has 0 spiro atoms. The smallest absolute Gasteiger partial charge is 0.328 e. The van der Waals surface area contributed by atoms with E-state index in [1.54, 1.807) is 11.0 Å². The molecule has 0 radical (unpaired) electrons. The Kier molecular flexibility index (Phi) is 4.04. The van der Waals surface area contributed by atoms with E-state index in [9.17, 15) is 9.59 Å². The lowest BCUT2D eigenvalue weighted by atomic mass is 10.2. The Bertz CT molecular complexity index is 529. The molecule has 5 heteroatoms. The molecule has 0 atom stereocenters. The van der Waals surface area contributed by atoms with Crippen molar-refractivity contribution < 1.29 is 14.7 Å². The van der Waals surface area contributed by atoms with Crippen molar-refractivity contribution in [3.8, 4) is 0 Å². The Morgan fingerprint density at radius 1 is 1.53 bits per heavy atom. The molecule has 0 aromatic carbocycles. The summed E-state index contributed by atoms with van der Waals surface area (Å²) in [5.74, 6) is -0.289. The summed E-state index contributed by atoms with van der Waals surface area (Å²) >= 11 is 1.34. The molecule has 1 N–H and O–H groups in total. The Labute approximate surface area is 116 Å². The van der Waals surface area contributed by atoms with Crippen molar-refractivity contribution in [1.82, 2.24) is 4.90 Å². The number of hydrogen-bond donors (Lipinski definition) is 1. The zero-order chi connectivity index (χ0) is 14.0. The molecule has 1 saturated carbocycles. The first-order valence-corrected chi connectivity index (χ1v) is 7.06. The lowest BCUT2D eigenvalue weighted by Crippen LogP contribution is -2.27. The number of aryl methyl sites for hydroxylation is 1. The minimum atomic E-state index is -0.980. The second kappa shape index (κ2) is 5.57. The van der Waals surface area contributed by atoms with Gasteiger partial charge in [0, 0.05) is 24.5 Å². The van der Waals surface area contributed by atoms with Crippen LogP contribution in [0.25, 0.3) is 6.08 Å². The Hall–Kier alpha value is -1.62. The summed E-state index contributed by atoms with van der Waals surface area (Å²) in [7, 11) is 1.82. The molecule has 1 aromatic heterocycles. The summed E-state index contributed by atoms with van der Waals surface area (Å²) in [4.78, 5) is 26.0. The quantitative estimate of drug-likeness (QED) is 0.843. The maximum atomic E-state index is 12.2. The summed E-state index contributed by atoms with van der Waals surface area (Å²) < 4.78 is 0. The van der Waals surface area contributed by atoms with E-state index >= 15 is 0 Å². The van der Waals surface area contributed by atoms with Crippen LogP contribution in [0.3, 0.4) is 0 Å². The van der Waals surface area contributed by atoms with E-state index in [1.807, 2.05) is 20.0 Å². The molecule has 1 aliphatic carbocycles. The largest absolute Gasteiger partial charge is 0.478 e. The number of amides is 1. The highest BCUT2D eigenvalue weighted by molar-refractivity contribution is 7.15. The second-order valence-electron chi connectivity index (χ2n) is 4.96. The zero-order valence-corrected chi connectivity index (χ0v) is 11.9. The van der Waals surface area contributed by atoms with Gasteiger partial charge in [-0.2, -0.15) is 0 Å². The minimum absolute atomic E-state index is 0.0231. The predicted octanol–water partition coefficient (Wildman–Crippen LogP) is 2.64. The standard InChI is InChI=1S/C14H17NO3S/c1-9-7-12(19-11(9)5-6-13(16)17)14(18)15(2)8-10-3-4-10/h5-7,10H,3-4,8H2,1-2H3,(H,16,17). The van der Waals surface area contributed by atoms with Crippen LogP contribution in [0.15, 0.2) is 12.1 Å². The fourth-order valence-electron chi connectivity index (χ4n) is 1.87. The van der Waals surface area contributed by atoms with Gasteiger partial charge in [0.2, 0.25) is 0 Å². The minimum Gasteiger partial charge on any atom is -0.478 e. The van der Waals surface area contributed by atoms with Crippen LogP contribution in [0.2, 0.25) is 0 Å². The fourth-order valence-corrected chi connectivity index (χ4v) is 2.94. The number of thiophene rings is 1. The average molecular weight is 279 g/mol. The number of nitrogens with zero attached hydrogens (tertiary/aromatic N) is 1. The van der Waals surface area contributed by atoms with E-state index in [2.05, 4.69) is 0 Å². The predicted molar refractivity (Wildman–Crippen MR) is 75.4 cm³/mol. The van der Waals surface area contributed by atoms with E-state index in [-0.39, 0.29) is 5.91 Å². The second-order valence-corrected chi connectivity index (χ2v) is 6.04. The van der Waals surface area contributed by atoms with Crippen molar-refractivity contribution in [2.75, 3.05) is 13.6 Å². The van der Waals surface area contributed by atoms with E-state index in [0.29, 0.717) is 10.8 Å². The number of carboxylic acid groups (broad SMARTS) is 1. The van der Waals surface area contributed by atoms with Crippen LogP contribution in [0, 0.1) is 12.8 Å². The molecule has 0 bridgehead atoms. The van der Waals surface area contributed by atoms with E-state index < -0.39 is 5.97 Å². The molecule has 4 nitrogen and oxygen atoms in total. The van der Waals surface area contributed by atoms with Gasteiger partial charge >= 0.3 is 5.97 Å². The highest BCUT2D eigenvalue weighted by atomic mass is 32.1. The highest BCUT2D eigenvalue weighted by Crippen LogP contribution is 2.30. The van der Waals surface area contributed by atoms with Crippen molar-refractivity contribution >= 4 is 29.3 Å². The van der Waals surface area contributed by atoms with Gasteiger partial charge in [0.1, 0.15) is 0 Å². The molecule has 0 aliphatic heterocycles. The summed E-state index contributed by atoms with van der Waals surface area (Å²) in [6.45, 7) is 2.70. The number of carbonyl (C=O) groups is 2. The number of aliphatic carboxylic acids is 1. The first-order valence-electron chi connectivity index (χ1n) is 6.24. The van der Waals surface area contributed by atoms with E-state index in [4.69, 9.17) is 5.11 Å². The number of hydrogen-bond acceptors (Lipinski definition) is 3. The van der Waals surface area contributed by atoms with Gasteiger partial charge in [-0.15, -0.1) is 11.3 Å². The molecule has 2 rings (SSSR count). The number of carbonyl (C=O) groups excluding carboxylic acids is 1. The molecule has 1 amide bonds. The Morgan fingerprint density at radius 3 is 2.79 bits per heavy atom. The summed E-state index contributed by atoms with van der Waals surface area (Å²) in [6, 6.07) is 1.83. The molecule has 102 valence electrons. The maximum Gasteiger partial charge on any atom is 0.328 e. The summed E-state index contributed by atoms with van der Waals surface area (Å²) in [6.07, 6.45) is 5.07. The van der Waals surface area contributed by atoms with Gasteiger partial charge in [0.05, 0.1) is 4.88 Å². The SMILES string of the molecule is Cc1cc(C(=O)N(C)CC2CC2)sc1C=CC(=O)O. The van der Waals surface area contributed by atoms with Crippen LogP contribution in [0.5, 0.6) is 0 Å². The molecular weight excluding hydrogens is 262 g/mol. The summed E-state index contributed by atoms with van der Waals surface area (Å²) in [5.41, 5.74) is 0.936. The molecular formula is C14H17NO3S. The molecule has 1 aromatic rings. The lowest BCUT2D eigenvalue weighted by molar-refractivity contribution is -0.131. The van der Waals surface area contributed by atoms with Crippen LogP contribution in [0.1, 0.15) is 33.0 Å². The van der Waals surface area contributed by atoms with Crippen molar-refractivity contribution in [2.24, 2.45) is 5.92 Å². The van der Waals surface area contributed by atoms with Crippen LogP contribution in [-0.2, 0) is 4.79 Å². The van der Waals surface area contributed by atoms with Crippen LogP contribution in [-0.4, -0.2) is 35.5 Å². The normalized spacial score (nSPS) is 14.8. The van der Waals surface area contributed by atoms with Gasteiger partial charge in [-0.25, -0.2) is 4.79 Å². The van der Waals surface area contributed by atoms with Crippen LogP contribution >= 0.6 is 11.3 Å². The first-order chi connectivity index (χ1) is 8.97. The van der Waals surface area contributed by atoms with Crippen molar-refractivity contribution in [2.45, 2.75) is 19.8 Å².